The second-order valence-corrected chi connectivity index (χ2v) is 28.3. The molecule has 2 unspecified atom stereocenters. The maximum atomic E-state index is 10.1. The number of rotatable bonds is 10. The molecule has 0 rings (SSSR count). The van der Waals surface area contributed by atoms with Crippen LogP contribution in [0.3, 0.4) is 0 Å². The fourth-order valence-electron chi connectivity index (χ4n) is 1.63. The highest BCUT2D eigenvalue weighted by molar-refractivity contribution is 8.12. The molecule has 0 bridgehead atoms. The van der Waals surface area contributed by atoms with Crippen LogP contribution in [-0.4, -0.2) is 52.6 Å². The smallest absolute Gasteiger partial charge is 0.236 e. The molecule has 3 nitrogen and oxygen atoms in total. The lowest BCUT2D eigenvalue weighted by molar-refractivity contribution is 0.426. The standard InChI is InChI=1S/C11H32O3P2Si3/c1-7-8-9-19(14-2,15-10-17(3,4)12)16-11-18(5,6)13/h12-13,15-16H,7-11H2,1-6H3. The van der Waals surface area contributed by atoms with Gasteiger partial charge in [-0.1, -0.05) is 19.8 Å². The molecule has 0 aliphatic rings. The topological polar surface area (TPSA) is 49.7 Å². The lowest BCUT2D eigenvalue weighted by Gasteiger charge is -2.33. The lowest BCUT2D eigenvalue weighted by atomic mass is 10.4. The van der Waals surface area contributed by atoms with Gasteiger partial charge in [0.25, 0.3) is 0 Å². The molecule has 0 aromatic rings. The fourth-order valence-corrected chi connectivity index (χ4v) is 31.4. The molecule has 0 amide bonds. The Balaban J connectivity index is 4.67. The molecule has 0 aromatic heterocycles. The average molecular weight is 359 g/mol. The van der Waals surface area contributed by atoms with Crippen molar-refractivity contribution in [3.8, 4) is 0 Å². The average Bonchev–Trinajstić information content (AvgIpc) is 2.26. The van der Waals surface area contributed by atoms with E-state index < -0.39 is 24.3 Å². The predicted molar refractivity (Wildman–Crippen MR) is 98.2 cm³/mol. The summed E-state index contributed by atoms with van der Waals surface area (Å²) in [6.07, 6.45) is 2.42. The van der Waals surface area contributed by atoms with Crippen molar-refractivity contribution in [3.63, 3.8) is 0 Å². The zero-order valence-corrected chi connectivity index (χ0v) is 18.3. The van der Waals surface area contributed by atoms with E-state index in [1.165, 1.54) is 18.9 Å². The van der Waals surface area contributed by atoms with Crippen molar-refractivity contribution in [1.82, 2.24) is 0 Å². The fraction of sp³-hybridized carbons (Fsp3) is 1.00. The van der Waals surface area contributed by atoms with Gasteiger partial charge in [-0.3, -0.25) is 0 Å². The Bertz CT molecular complexity index is 237. The van der Waals surface area contributed by atoms with Crippen LogP contribution in [0.5, 0.6) is 0 Å². The van der Waals surface area contributed by atoms with Crippen molar-refractivity contribution < 1.29 is 14.0 Å². The van der Waals surface area contributed by atoms with Crippen molar-refractivity contribution in [3.05, 3.63) is 0 Å². The monoisotopic (exact) mass is 358 g/mol. The zero-order chi connectivity index (χ0) is 15.2. The van der Waals surface area contributed by atoms with E-state index in [9.17, 15) is 9.59 Å². The van der Waals surface area contributed by atoms with Crippen LogP contribution in [0.2, 0.25) is 32.2 Å². The third-order valence-electron chi connectivity index (χ3n) is 2.84. The van der Waals surface area contributed by atoms with Crippen molar-refractivity contribution in [1.29, 1.82) is 0 Å². The molecule has 0 aromatic carbocycles. The predicted octanol–water partition coefficient (Wildman–Crippen LogP) is 3.20. The Labute approximate surface area is 125 Å². The van der Waals surface area contributed by atoms with E-state index in [1.807, 2.05) is 33.3 Å². The molecule has 2 N–H and O–H groups in total. The summed E-state index contributed by atoms with van der Waals surface area (Å²) in [4.78, 5) is 20.2. The van der Waals surface area contributed by atoms with Gasteiger partial charge in [0.05, 0.1) is 0 Å². The summed E-state index contributed by atoms with van der Waals surface area (Å²) in [5, 5.41) is 0. The van der Waals surface area contributed by atoms with Crippen LogP contribution in [0.4, 0.5) is 0 Å². The van der Waals surface area contributed by atoms with Crippen LogP contribution in [0, 0.1) is 0 Å². The molecule has 0 aliphatic carbocycles. The van der Waals surface area contributed by atoms with Crippen LogP contribution in [0.25, 0.3) is 0 Å². The van der Waals surface area contributed by atoms with E-state index in [0.29, 0.717) is 0 Å². The van der Waals surface area contributed by atoms with Gasteiger partial charge in [0, 0.05) is 7.11 Å². The summed E-state index contributed by atoms with van der Waals surface area (Å²) >= 11 is 0. The van der Waals surface area contributed by atoms with E-state index in [4.69, 9.17) is 4.43 Å². The number of unbranched alkanes of at least 4 members (excludes halogenated alkanes) is 1. The first-order valence-electron chi connectivity index (χ1n) is 7.03. The van der Waals surface area contributed by atoms with E-state index in [0.717, 1.165) is 27.8 Å². The van der Waals surface area contributed by atoms with Gasteiger partial charge in [0.1, 0.15) is 0 Å². The Morgan fingerprint density at radius 1 is 0.947 bits per heavy atom. The SMILES string of the molecule is CCCC[Si](OC)(PC[Si](C)(C)O)PC[Si](C)(C)O. The molecule has 0 heterocycles. The highest BCUT2D eigenvalue weighted by Crippen LogP contribution is 2.47. The molecule has 2 atom stereocenters. The second kappa shape index (κ2) is 8.74. The van der Waals surface area contributed by atoms with Crippen molar-refractivity contribution >= 4 is 40.5 Å². The Morgan fingerprint density at radius 3 is 1.63 bits per heavy atom. The minimum absolute atomic E-state index is 0.793. The first kappa shape index (κ1) is 20.4. The van der Waals surface area contributed by atoms with Crippen LogP contribution < -0.4 is 0 Å². The highest BCUT2D eigenvalue weighted by Gasteiger charge is 2.37. The largest absolute Gasteiger partial charge is 0.432 e. The van der Waals surface area contributed by atoms with Crippen LogP contribution in [-0.2, 0) is 4.43 Å². The molecular weight excluding hydrogens is 326 g/mol. The van der Waals surface area contributed by atoms with E-state index in [2.05, 4.69) is 6.92 Å². The summed E-state index contributed by atoms with van der Waals surface area (Å²) in [7, 11) is -2.21. The Hall–Kier alpha value is 1.39. The molecule has 0 spiro atoms. The van der Waals surface area contributed by atoms with E-state index >= 15 is 0 Å². The molecule has 0 saturated heterocycles. The minimum atomic E-state index is -1.98. The third-order valence-corrected chi connectivity index (χ3v) is 26.6. The highest BCUT2D eigenvalue weighted by atomic mass is 31.6. The van der Waals surface area contributed by atoms with Gasteiger partial charge < -0.3 is 14.0 Å². The molecule has 0 aliphatic heterocycles. The van der Waals surface area contributed by atoms with Gasteiger partial charge >= 0.3 is 0 Å². The quantitative estimate of drug-likeness (QED) is 0.466. The van der Waals surface area contributed by atoms with Crippen molar-refractivity contribution in [2.24, 2.45) is 0 Å². The van der Waals surface area contributed by atoms with Crippen LogP contribution in [0.15, 0.2) is 0 Å². The van der Waals surface area contributed by atoms with Gasteiger partial charge in [-0.05, 0) is 43.8 Å². The lowest BCUT2D eigenvalue weighted by Crippen LogP contribution is -2.38. The van der Waals surface area contributed by atoms with Gasteiger partial charge in [0.15, 0.2) is 16.6 Å². The molecule has 0 saturated carbocycles. The van der Waals surface area contributed by atoms with Crippen LogP contribution >= 0.6 is 16.3 Å². The van der Waals surface area contributed by atoms with Crippen molar-refractivity contribution in [2.45, 2.75) is 52.0 Å². The Morgan fingerprint density at radius 2 is 1.37 bits per heavy atom. The molecule has 0 radical (unpaired) electrons. The molecule has 8 heteroatoms. The van der Waals surface area contributed by atoms with Crippen LogP contribution in [0.1, 0.15) is 19.8 Å². The van der Waals surface area contributed by atoms with E-state index in [-0.39, 0.29) is 0 Å². The summed E-state index contributed by atoms with van der Waals surface area (Å²) in [5.74, 6) is 1.94. The maximum Gasteiger partial charge on any atom is 0.236 e. The second-order valence-electron chi connectivity index (χ2n) is 6.47. The molecule has 0 fully saturated rings. The van der Waals surface area contributed by atoms with Gasteiger partial charge in [-0.15, -0.1) is 16.3 Å². The summed E-state index contributed by atoms with van der Waals surface area (Å²) in [6.45, 7) is 10.3. The minimum Gasteiger partial charge on any atom is -0.432 e. The summed E-state index contributed by atoms with van der Waals surface area (Å²) < 4.78 is 6.02. The van der Waals surface area contributed by atoms with E-state index in [1.54, 1.807) is 0 Å². The normalized spacial score (nSPS) is 17.7. The van der Waals surface area contributed by atoms with Gasteiger partial charge in [-0.25, -0.2) is 0 Å². The maximum absolute atomic E-state index is 10.1. The Kier molecular flexibility index (Phi) is 9.38. The summed E-state index contributed by atoms with van der Waals surface area (Å²) in [5.41, 5.74) is 0. The number of hydrogen-bond acceptors (Lipinski definition) is 3. The first-order chi connectivity index (χ1) is 8.54. The van der Waals surface area contributed by atoms with Gasteiger partial charge in [-0.2, -0.15) is 0 Å². The summed E-state index contributed by atoms with van der Waals surface area (Å²) in [6, 6.07) is 1.20. The number of hydrogen-bond donors (Lipinski definition) is 2. The molecule has 116 valence electrons. The third kappa shape index (κ3) is 10.7. The molecular formula is C11H32O3P2Si3. The molecule has 19 heavy (non-hydrogen) atoms. The zero-order valence-electron chi connectivity index (χ0n) is 13.3. The van der Waals surface area contributed by atoms with Gasteiger partial charge in [0.2, 0.25) is 7.65 Å². The first-order valence-corrected chi connectivity index (χ1v) is 19.9. The van der Waals surface area contributed by atoms with Crippen molar-refractivity contribution in [2.75, 3.05) is 18.7 Å².